The minimum atomic E-state index is -0.630. The number of allylic oxidation sites excluding steroid dienone is 2. The predicted octanol–water partition coefficient (Wildman–Crippen LogP) is 7.01. The molecule has 0 fully saturated rings. The van der Waals surface area contributed by atoms with Crippen LogP contribution in [0.15, 0.2) is 82.6 Å². The number of rotatable bonds is 7. The number of aryl methyl sites for hydroxylation is 1. The largest absolute Gasteiger partial charge is 0.497 e. The number of likely N-dealkylation sites (N-methyl/N-ethyl adjacent to an activating group) is 1. The number of methoxy groups -OCH3 is 1. The molecule has 1 aliphatic rings. The van der Waals surface area contributed by atoms with E-state index in [-0.39, 0.29) is 28.5 Å². The first kappa shape index (κ1) is 28.4. The average molecular weight is 565 g/mol. The van der Waals surface area contributed by atoms with Crippen LogP contribution in [0.4, 0.5) is 10.1 Å². The van der Waals surface area contributed by atoms with Crippen LogP contribution in [0.2, 0.25) is 5.02 Å². The molecule has 1 N–H and O–H groups in total. The number of anilines is 1. The summed E-state index contributed by atoms with van der Waals surface area (Å²) in [7, 11) is 1.63. The van der Waals surface area contributed by atoms with Crippen LogP contribution < -0.4 is 9.64 Å². The maximum atomic E-state index is 15.3. The summed E-state index contributed by atoms with van der Waals surface area (Å²) in [5, 5.41) is 18.6. The Balaban J connectivity index is 0.00000380. The molecule has 4 rings (SSSR count). The molecular formula is C29H29ClCoFN3O2. The van der Waals surface area contributed by atoms with Crippen LogP contribution in [0.1, 0.15) is 36.1 Å². The number of hydrogen-bond acceptors (Lipinski definition) is 4. The van der Waals surface area contributed by atoms with Gasteiger partial charge in [-0.3, -0.25) is 0 Å². The second kappa shape index (κ2) is 11.9. The Kier molecular flexibility index (Phi) is 9.18. The van der Waals surface area contributed by atoms with Gasteiger partial charge in [0.2, 0.25) is 5.90 Å². The van der Waals surface area contributed by atoms with E-state index in [2.05, 4.69) is 29.0 Å². The zero-order valence-corrected chi connectivity index (χ0v) is 22.9. The molecule has 5 nitrogen and oxygen atoms in total. The van der Waals surface area contributed by atoms with Gasteiger partial charge in [-0.1, -0.05) is 35.9 Å². The van der Waals surface area contributed by atoms with Crippen LogP contribution in [-0.2, 0) is 28.6 Å². The van der Waals surface area contributed by atoms with Gasteiger partial charge in [-0.2, -0.15) is 5.10 Å². The van der Waals surface area contributed by atoms with E-state index in [4.69, 9.17) is 16.3 Å². The zero-order chi connectivity index (χ0) is 25.9. The number of fused-ring (bicyclic) bond motifs is 1. The summed E-state index contributed by atoms with van der Waals surface area (Å²) >= 11 is 6.50. The Morgan fingerprint density at radius 1 is 1.16 bits per heavy atom. The van der Waals surface area contributed by atoms with Gasteiger partial charge in [0, 0.05) is 56.3 Å². The summed E-state index contributed by atoms with van der Waals surface area (Å²) in [5.41, 5.74) is 3.90. The zero-order valence-electron chi connectivity index (χ0n) is 21.1. The van der Waals surface area contributed by atoms with Gasteiger partial charge in [-0.05, 0) is 80.8 Å². The van der Waals surface area contributed by atoms with E-state index in [0.717, 1.165) is 22.7 Å². The molecule has 37 heavy (non-hydrogen) atoms. The first-order valence-electron chi connectivity index (χ1n) is 11.8. The van der Waals surface area contributed by atoms with Crippen molar-refractivity contribution < 1.29 is 31.0 Å². The van der Waals surface area contributed by atoms with E-state index in [1.807, 2.05) is 42.5 Å². The molecule has 0 bridgehead atoms. The molecule has 3 aromatic rings. The monoisotopic (exact) mass is 564 g/mol. The van der Waals surface area contributed by atoms with Crippen LogP contribution in [0.3, 0.4) is 0 Å². The fourth-order valence-electron chi connectivity index (χ4n) is 4.75. The summed E-state index contributed by atoms with van der Waals surface area (Å²) < 4.78 is 20.8. The second-order valence-electron chi connectivity index (χ2n) is 8.90. The van der Waals surface area contributed by atoms with E-state index in [9.17, 15) is 5.11 Å². The quantitative estimate of drug-likeness (QED) is 0.191. The SMILES string of the molecule is CCN1\C(=C/C=N/N=C(\O)c2ccccc2)C(C)(Cc2c(Cl)ccc(C)c2F)c2cc(OC)ccc21.[Co]. The summed E-state index contributed by atoms with van der Waals surface area (Å²) in [5.74, 6) is 0.251. The van der Waals surface area contributed by atoms with E-state index in [0.29, 0.717) is 34.7 Å². The number of aliphatic hydroxyl groups excluding tert-OH is 1. The molecule has 0 saturated carbocycles. The molecule has 3 aromatic carbocycles. The van der Waals surface area contributed by atoms with Crippen molar-refractivity contribution in [3.05, 3.63) is 106 Å². The summed E-state index contributed by atoms with van der Waals surface area (Å²) in [4.78, 5) is 2.17. The standard InChI is InChI=1S/C29H29ClFN3O2.Co/c1-5-34-25-14-12-21(36-4)17-23(25)29(3,18-22-24(30)13-11-19(2)27(22)31)26(34)15-16-32-33-28(35)20-9-7-6-8-10-20;/h6-17H,5,18H2,1-4H3,(H,33,35);/b26-15-,32-16+;. The van der Waals surface area contributed by atoms with Crippen molar-refractivity contribution in [1.82, 2.24) is 0 Å². The molecule has 8 heteroatoms. The third-order valence-corrected chi connectivity index (χ3v) is 7.01. The maximum Gasteiger partial charge on any atom is 0.238 e. The van der Waals surface area contributed by atoms with Gasteiger partial charge in [-0.25, -0.2) is 4.39 Å². The topological polar surface area (TPSA) is 57.4 Å². The fraction of sp³-hybridized carbons (Fsp3) is 0.241. The van der Waals surface area contributed by atoms with Crippen molar-refractivity contribution in [3.63, 3.8) is 0 Å². The molecule has 1 aliphatic heterocycles. The average Bonchev–Trinajstić information content (AvgIpc) is 3.13. The number of halogens is 2. The second-order valence-corrected chi connectivity index (χ2v) is 9.31. The Morgan fingerprint density at radius 2 is 1.89 bits per heavy atom. The van der Waals surface area contributed by atoms with Gasteiger partial charge in [0.1, 0.15) is 11.6 Å². The predicted molar refractivity (Wildman–Crippen MR) is 145 cm³/mol. The van der Waals surface area contributed by atoms with Crippen molar-refractivity contribution in [3.8, 4) is 5.75 Å². The smallest absolute Gasteiger partial charge is 0.238 e. The van der Waals surface area contributed by atoms with E-state index >= 15 is 4.39 Å². The van der Waals surface area contributed by atoms with Crippen LogP contribution in [0.25, 0.3) is 0 Å². The van der Waals surface area contributed by atoms with Crippen LogP contribution in [-0.4, -0.2) is 30.9 Å². The Hall–Kier alpha value is -3.13. The van der Waals surface area contributed by atoms with E-state index in [1.165, 1.54) is 0 Å². The number of benzene rings is 3. The summed E-state index contributed by atoms with van der Waals surface area (Å²) in [6, 6.07) is 18.4. The third-order valence-electron chi connectivity index (χ3n) is 6.65. The fourth-order valence-corrected chi connectivity index (χ4v) is 4.97. The van der Waals surface area contributed by atoms with Gasteiger partial charge in [0.05, 0.1) is 13.3 Å². The number of nitrogens with zero attached hydrogens (tertiary/aromatic N) is 3. The van der Waals surface area contributed by atoms with Crippen molar-refractivity contribution in [2.24, 2.45) is 10.2 Å². The first-order chi connectivity index (χ1) is 17.3. The normalized spacial score (nSPS) is 18.3. The Labute approximate surface area is 232 Å². The van der Waals surface area contributed by atoms with E-state index < -0.39 is 5.41 Å². The van der Waals surface area contributed by atoms with Crippen LogP contribution >= 0.6 is 11.6 Å². The van der Waals surface area contributed by atoms with Crippen LogP contribution in [0.5, 0.6) is 5.75 Å². The number of hydrogen-bond donors (Lipinski definition) is 1. The molecule has 0 aliphatic carbocycles. The summed E-state index contributed by atoms with van der Waals surface area (Å²) in [6.07, 6.45) is 3.75. The van der Waals surface area contributed by atoms with Gasteiger partial charge in [0.15, 0.2) is 0 Å². The molecule has 1 unspecified atom stereocenters. The Bertz CT molecular complexity index is 1360. The molecule has 0 saturated heterocycles. The molecule has 1 atom stereocenters. The van der Waals surface area contributed by atoms with Crippen molar-refractivity contribution >= 4 is 29.4 Å². The van der Waals surface area contributed by atoms with Crippen LogP contribution in [0, 0.1) is 12.7 Å². The van der Waals surface area contributed by atoms with Crippen molar-refractivity contribution in [1.29, 1.82) is 0 Å². The molecule has 0 spiro atoms. The first-order valence-corrected chi connectivity index (χ1v) is 12.1. The molecule has 0 amide bonds. The van der Waals surface area contributed by atoms with Gasteiger partial charge < -0.3 is 14.7 Å². The molecule has 1 heterocycles. The van der Waals surface area contributed by atoms with Crippen molar-refractivity contribution in [2.75, 3.05) is 18.6 Å². The molecule has 0 aromatic heterocycles. The number of ether oxygens (including phenoxy) is 1. The summed E-state index contributed by atoms with van der Waals surface area (Å²) in [6.45, 7) is 6.56. The van der Waals surface area contributed by atoms with E-state index in [1.54, 1.807) is 44.5 Å². The number of aliphatic hydroxyl groups is 1. The third kappa shape index (κ3) is 5.59. The van der Waals surface area contributed by atoms with Gasteiger partial charge in [-0.15, -0.1) is 5.10 Å². The molecular weight excluding hydrogens is 536 g/mol. The maximum absolute atomic E-state index is 15.3. The molecule has 195 valence electrons. The van der Waals surface area contributed by atoms with Gasteiger partial charge in [0.25, 0.3) is 0 Å². The minimum Gasteiger partial charge on any atom is -0.497 e. The Morgan fingerprint density at radius 3 is 2.57 bits per heavy atom. The molecule has 1 radical (unpaired) electrons. The van der Waals surface area contributed by atoms with Crippen molar-refractivity contribution in [2.45, 2.75) is 32.6 Å². The minimum absolute atomic E-state index is 0. The van der Waals surface area contributed by atoms with Gasteiger partial charge >= 0.3 is 0 Å².